The Labute approximate surface area is 198 Å². The number of hydrogen-bond donors (Lipinski definition) is 2. The van der Waals surface area contributed by atoms with Gasteiger partial charge in [0.1, 0.15) is 0 Å². The third-order valence-corrected chi connectivity index (χ3v) is 6.21. The van der Waals surface area contributed by atoms with Crippen LogP contribution in [0.25, 0.3) is 5.69 Å². The summed E-state index contributed by atoms with van der Waals surface area (Å²) in [6.07, 6.45) is 3.07. The summed E-state index contributed by atoms with van der Waals surface area (Å²) in [5, 5.41) is 10.7. The highest BCUT2D eigenvalue weighted by atomic mass is 16.2. The first-order chi connectivity index (χ1) is 16.6. The van der Waals surface area contributed by atoms with Gasteiger partial charge in [0.15, 0.2) is 0 Å². The molecule has 0 bridgehead atoms. The van der Waals surface area contributed by atoms with Crippen molar-refractivity contribution in [3.63, 3.8) is 0 Å². The van der Waals surface area contributed by atoms with Crippen molar-refractivity contribution in [3.8, 4) is 5.69 Å². The molecule has 6 nitrogen and oxygen atoms in total. The molecule has 6 heteroatoms. The zero-order chi connectivity index (χ0) is 23.5. The van der Waals surface area contributed by atoms with Crippen molar-refractivity contribution in [2.45, 2.75) is 32.7 Å². The van der Waals surface area contributed by atoms with Gasteiger partial charge in [-0.15, -0.1) is 0 Å². The molecule has 3 aromatic carbocycles. The Morgan fingerprint density at radius 3 is 2.38 bits per heavy atom. The Morgan fingerprint density at radius 2 is 1.62 bits per heavy atom. The van der Waals surface area contributed by atoms with Gasteiger partial charge in [0.05, 0.1) is 17.9 Å². The van der Waals surface area contributed by atoms with Crippen molar-refractivity contribution < 1.29 is 9.59 Å². The number of nitrogens with zero attached hydrogens (tertiary/aromatic N) is 2. The van der Waals surface area contributed by atoms with Gasteiger partial charge in [0.2, 0.25) is 0 Å². The minimum absolute atomic E-state index is 0.198. The summed E-state index contributed by atoms with van der Waals surface area (Å²) >= 11 is 0. The number of para-hydroxylation sites is 1. The number of nitrogens with one attached hydrogen (secondary N) is 2. The van der Waals surface area contributed by atoms with E-state index in [9.17, 15) is 9.59 Å². The predicted molar refractivity (Wildman–Crippen MR) is 132 cm³/mol. The van der Waals surface area contributed by atoms with Crippen LogP contribution in [0.4, 0.5) is 5.69 Å². The molecule has 0 unspecified atom stereocenters. The van der Waals surface area contributed by atoms with E-state index in [1.165, 1.54) is 11.3 Å². The van der Waals surface area contributed by atoms with Gasteiger partial charge in [-0.05, 0) is 73.7 Å². The maximum absolute atomic E-state index is 13.0. The molecule has 0 fully saturated rings. The van der Waals surface area contributed by atoms with Gasteiger partial charge in [-0.1, -0.05) is 42.5 Å². The molecule has 2 N–H and O–H groups in total. The quantitative estimate of drug-likeness (QED) is 0.441. The molecule has 0 saturated heterocycles. The van der Waals surface area contributed by atoms with Gasteiger partial charge < -0.3 is 10.6 Å². The summed E-state index contributed by atoms with van der Waals surface area (Å²) in [5.41, 5.74) is 6.99. The first-order valence-corrected chi connectivity index (χ1v) is 11.5. The number of fused-ring (bicyclic) bond motifs is 1. The molecule has 34 heavy (non-hydrogen) atoms. The predicted octanol–water partition coefficient (Wildman–Crippen LogP) is 4.85. The molecule has 1 heterocycles. The summed E-state index contributed by atoms with van der Waals surface area (Å²) < 4.78 is 2.01. The molecule has 0 saturated carbocycles. The summed E-state index contributed by atoms with van der Waals surface area (Å²) in [6, 6.07) is 24.5. The minimum Gasteiger partial charge on any atom is -0.346 e. The summed E-state index contributed by atoms with van der Waals surface area (Å²) in [6.45, 7) is 2.27. The highest BCUT2D eigenvalue weighted by Crippen LogP contribution is 2.28. The smallest absolute Gasteiger partial charge is 0.255 e. The molecule has 0 radical (unpaired) electrons. The van der Waals surface area contributed by atoms with E-state index in [-0.39, 0.29) is 11.8 Å². The Balaban J connectivity index is 1.31. The number of benzene rings is 3. The topological polar surface area (TPSA) is 76.0 Å². The Morgan fingerprint density at radius 1 is 0.882 bits per heavy atom. The third kappa shape index (κ3) is 4.35. The van der Waals surface area contributed by atoms with Crippen LogP contribution in [0.1, 0.15) is 49.7 Å². The number of hydrogen-bond acceptors (Lipinski definition) is 3. The van der Waals surface area contributed by atoms with E-state index in [0.717, 1.165) is 36.2 Å². The number of amides is 2. The molecule has 4 aromatic rings. The van der Waals surface area contributed by atoms with Crippen molar-refractivity contribution >= 4 is 17.5 Å². The van der Waals surface area contributed by atoms with Crippen LogP contribution in [0.2, 0.25) is 0 Å². The molecule has 0 spiro atoms. The number of carbonyl (C=O) groups is 2. The standard InChI is InChI=1S/C28H26N4O2/c1-19-15-16-21(17-24(19)30-28(34)20-9-4-2-5-10-20)27(33)29-18-25-23-13-8-14-26(23)32(31-25)22-11-6-3-7-12-22/h2-7,9-12,15-17H,8,13-14,18H2,1H3,(H,29,33)(H,30,34). The molecule has 1 aliphatic rings. The van der Waals surface area contributed by atoms with Crippen molar-refractivity contribution in [3.05, 3.63) is 113 Å². The number of rotatable bonds is 6. The lowest BCUT2D eigenvalue weighted by Crippen LogP contribution is -2.24. The van der Waals surface area contributed by atoms with Crippen LogP contribution in [-0.2, 0) is 19.4 Å². The highest BCUT2D eigenvalue weighted by Gasteiger charge is 2.23. The summed E-state index contributed by atoms with van der Waals surface area (Å²) in [7, 11) is 0. The van der Waals surface area contributed by atoms with E-state index < -0.39 is 0 Å². The first-order valence-electron chi connectivity index (χ1n) is 11.5. The Kier molecular flexibility index (Phi) is 5.95. The maximum atomic E-state index is 13.0. The number of carbonyl (C=O) groups excluding carboxylic acids is 2. The fourth-order valence-electron chi connectivity index (χ4n) is 4.39. The van der Waals surface area contributed by atoms with Gasteiger partial charge in [-0.3, -0.25) is 9.59 Å². The zero-order valence-electron chi connectivity index (χ0n) is 19.0. The van der Waals surface area contributed by atoms with Crippen LogP contribution in [-0.4, -0.2) is 21.6 Å². The molecule has 0 atom stereocenters. The van der Waals surface area contributed by atoms with Crippen molar-refractivity contribution in [2.75, 3.05) is 5.32 Å². The van der Waals surface area contributed by atoms with E-state index in [0.29, 0.717) is 23.4 Å². The summed E-state index contributed by atoms with van der Waals surface area (Å²) in [5.74, 6) is -0.403. The van der Waals surface area contributed by atoms with Crippen molar-refractivity contribution in [2.24, 2.45) is 0 Å². The van der Waals surface area contributed by atoms with Crippen molar-refractivity contribution in [1.82, 2.24) is 15.1 Å². The molecule has 5 rings (SSSR count). The van der Waals surface area contributed by atoms with E-state index in [2.05, 4.69) is 10.6 Å². The molecular formula is C28H26N4O2. The van der Waals surface area contributed by atoms with Crippen LogP contribution in [0.3, 0.4) is 0 Å². The first kappa shape index (κ1) is 21.6. The highest BCUT2D eigenvalue weighted by molar-refractivity contribution is 6.05. The van der Waals surface area contributed by atoms with Crippen LogP contribution < -0.4 is 10.6 Å². The largest absolute Gasteiger partial charge is 0.346 e. The maximum Gasteiger partial charge on any atom is 0.255 e. The van der Waals surface area contributed by atoms with Crippen LogP contribution in [0.15, 0.2) is 78.9 Å². The molecule has 2 amide bonds. The molecular weight excluding hydrogens is 424 g/mol. The number of aromatic nitrogens is 2. The number of aryl methyl sites for hydroxylation is 1. The van der Waals surface area contributed by atoms with Gasteiger partial charge in [0, 0.05) is 22.5 Å². The SMILES string of the molecule is Cc1ccc(C(=O)NCc2nn(-c3ccccc3)c3c2CCC3)cc1NC(=O)c1ccccc1. The number of anilines is 1. The lowest BCUT2D eigenvalue weighted by Gasteiger charge is -2.11. The van der Waals surface area contributed by atoms with E-state index in [1.807, 2.05) is 66.2 Å². The van der Waals surface area contributed by atoms with Crippen LogP contribution >= 0.6 is 0 Å². The summed E-state index contributed by atoms with van der Waals surface area (Å²) in [4.78, 5) is 25.5. The van der Waals surface area contributed by atoms with Crippen LogP contribution in [0.5, 0.6) is 0 Å². The fourth-order valence-corrected chi connectivity index (χ4v) is 4.39. The normalized spacial score (nSPS) is 12.3. The fraction of sp³-hybridized carbons (Fsp3) is 0.179. The van der Waals surface area contributed by atoms with Gasteiger partial charge >= 0.3 is 0 Å². The van der Waals surface area contributed by atoms with Crippen LogP contribution in [0, 0.1) is 6.92 Å². The second kappa shape index (κ2) is 9.35. The second-order valence-electron chi connectivity index (χ2n) is 8.51. The zero-order valence-corrected chi connectivity index (χ0v) is 19.0. The van der Waals surface area contributed by atoms with E-state index in [1.54, 1.807) is 24.3 Å². The molecule has 1 aromatic heterocycles. The third-order valence-electron chi connectivity index (χ3n) is 6.21. The average Bonchev–Trinajstić information content (AvgIpc) is 3.48. The molecule has 170 valence electrons. The minimum atomic E-state index is -0.205. The molecule has 0 aliphatic heterocycles. The Bertz CT molecular complexity index is 1340. The van der Waals surface area contributed by atoms with E-state index in [4.69, 9.17) is 5.10 Å². The van der Waals surface area contributed by atoms with Gasteiger partial charge in [-0.25, -0.2) is 4.68 Å². The van der Waals surface area contributed by atoms with Gasteiger partial charge in [0.25, 0.3) is 11.8 Å². The average molecular weight is 451 g/mol. The molecule has 1 aliphatic carbocycles. The second-order valence-corrected chi connectivity index (χ2v) is 8.51. The lowest BCUT2D eigenvalue weighted by molar-refractivity contribution is 0.0949. The monoisotopic (exact) mass is 450 g/mol. The van der Waals surface area contributed by atoms with Gasteiger partial charge in [-0.2, -0.15) is 5.10 Å². The Hall–Kier alpha value is -4.19. The lowest BCUT2D eigenvalue weighted by atomic mass is 10.1. The van der Waals surface area contributed by atoms with Crippen molar-refractivity contribution in [1.29, 1.82) is 0 Å². The van der Waals surface area contributed by atoms with E-state index >= 15 is 0 Å².